The molecule has 1 fully saturated rings. The van der Waals surface area contributed by atoms with E-state index in [4.69, 9.17) is 10.3 Å². The molecule has 0 spiro atoms. The van der Waals surface area contributed by atoms with Gasteiger partial charge >= 0.3 is 0 Å². The summed E-state index contributed by atoms with van der Waals surface area (Å²) in [6.45, 7) is 0. The van der Waals surface area contributed by atoms with Gasteiger partial charge in [-0.25, -0.2) is 8.78 Å². The number of rotatable bonds is 11. The monoisotopic (exact) mass is 420 g/mol. The Kier molecular flexibility index (Phi) is 6.53. The number of carbonyl (C=O) groups is 3. The molecule has 30 heavy (non-hydrogen) atoms. The lowest BCUT2D eigenvalue weighted by molar-refractivity contribution is -0.124. The summed E-state index contributed by atoms with van der Waals surface area (Å²) in [6, 6.07) is 6.85. The molecule has 3 rings (SSSR count). The van der Waals surface area contributed by atoms with Gasteiger partial charge in [0.15, 0.2) is 0 Å². The topological polar surface area (TPSA) is 128 Å². The van der Waals surface area contributed by atoms with Crippen LogP contribution in [-0.2, 0) is 16.0 Å². The van der Waals surface area contributed by atoms with Gasteiger partial charge in [0.2, 0.25) is 29.3 Å². The third-order valence-corrected chi connectivity index (χ3v) is 4.67. The van der Waals surface area contributed by atoms with E-state index in [9.17, 15) is 23.2 Å². The fraction of sp³-hybridized carbons (Fsp3) is 0.450. The van der Waals surface area contributed by atoms with E-state index >= 15 is 0 Å². The molecule has 0 saturated heterocycles. The number of amides is 2. The quantitative estimate of drug-likeness (QED) is 0.536. The average Bonchev–Trinajstić information content (AvgIpc) is 3.42. The van der Waals surface area contributed by atoms with Crippen LogP contribution in [0.25, 0.3) is 0 Å². The molecule has 1 aromatic carbocycles. The van der Waals surface area contributed by atoms with Crippen molar-refractivity contribution in [3.8, 4) is 0 Å². The normalized spacial score (nSPS) is 14.9. The molecule has 1 heterocycles. The summed E-state index contributed by atoms with van der Waals surface area (Å²) in [5, 5.41) is 5.88. The molecule has 2 aromatic rings. The Morgan fingerprint density at radius 1 is 1.23 bits per heavy atom. The first-order valence-corrected chi connectivity index (χ1v) is 9.61. The summed E-state index contributed by atoms with van der Waals surface area (Å²) >= 11 is 0. The van der Waals surface area contributed by atoms with Crippen molar-refractivity contribution in [3.63, 3.8) is 0 Å². The van der Waals surface area contributed by atoms with E-state index in [1.165, 1.54) is 0 Å². The number of hydrogen-bond acceptors (Lipinski definition) is 6. The minimum absolute atomic E-state index is 0.120. The van der Waals surface area contributed by atoms with Crippen LogP contribution in [0, 0.1) is 0 Å². The second-order valence-electron chi connectivity index (χ2n) is 7.40. The van der Waals surface area contributed by atoms with Gasteiger partial charge in [-0.3, -0.25) is 14.4 Å². The van der Waals surface area contributed by atoms with E-state index in [0.29, 0.717) is 11.5 Å². The molecule has 160 valence electrons. The van der Waals surface area contributed by atoms with Crippen LogP contribution < -0.4 is 11.1 Å². The maximum absolute atomic E-state index is 14.2. The van der Waals surface area contributed by atoms with Gasteiger partial charge in [-0.15, -0.1) is 0 Å². The molecule has 8 nitrogen and oxygen atoms in total. The second kappa shape index (κ2) is 9.10. The fourth-order valence-electron chi connectivity index (χ4n) is 2.94. The fourth-order valence-corrected chi connectivity index (χ4v) is 2.94. The van der Waals surface area contributed by atoms with Gasteiger partial charge < -0.3 is 15.6 Å². The van der Waals surface area contributed by atoms with Crippen molar-refractivity contribution < 1.29 is 27.7 Å². The highest BCUT2D eigenvalue weighted by Gasteiger charge is 2.34. The largest absolute Gasteiger partial charge is 0.370 e. The molecule has 1 aliphatic rings. The second-order valence-corrected chi connectivity index (χ2v) is 7.40. The lowest BCUT2D eigenvalue weighted by Crippen LogP contribution is -2.44. The average molecular weight is 420 g/mol. The Morgan fingerprint density at radius 2 is 1.93 bits per heavy atom. The smallest absolute Gasteiger partial charge is 0.252 e. The predicted molar refractivity (Wildman–Crippen MR) is 101 cm³/mol. The number of carbonyl (C=O) groups excluding carboxylic acids is 3. The van der Waals surface area contributed by atoms with Gasteiger partial charge in [0, 0.05) is 25.2 Å². The SMILES string of the molecule is NC(=O)C[C@H](NC(=O)CCC(F)(F)Cc1ccccc1)C(=O)c1noc(C2CC2)n1. The summed E-state index contributed by atoms with van der Waals surface area (Å²) in [5.41, 5.74) is 5.60. The predicted octanol–water partition coefficient (Wildman–Crippen LogP) is 2.15. The van der Waals surface area contributed by atoms with Crippen LogP contribution in [-0.4, -0.2) is 39.7 Å². The Morgan fingerprint density at radius 3 is 2.57 bits per heavy atom. The molecule has 1 saturated carbocycles. The molecule has 1 aliphatic carbocycles. The number of Topliss-reactive ketones (excluding diaryl/α,β-unsaturated/α-hetero) is 1. The molecule has 0 unspecified atom stereocenters. The lowest BCUT2D eigenvalue weighted by atomic mass is 10.0. The summed E-state index contributed by atoms with van der Waals surface area (Å²) in [7, 11) is 0. The number of nitrogens with one attached hydrogen (secondary N) is 1. The standard InChI is InChI=1S/C20H22F2N4O4/c21-20(22,11-12-4-2-1-3-5-12)9-8-16(28)24-14(10-15(23)27)17(29)18-25-19(30-26-18)13-6-7-13/h1-5,13-14H,6-11H2,(H2,23,27)(H,24,28)/t14-/m0/s1. The number of halogens is 2. The van der Waals surface area contributed by atoms with Gasteiger partial charge in [-0.1, -0.05) is 35.5 Å². The van der Waals surface area contributed by atoms with Gasteiger partial charge in [0.05, 0.1) is 6.42 Å². The third kappa shape index (κ3) is 6.16. The van der Waals surface area contributed by atoms with Crippen molar-refractivity contribution in [1.29, 1.82) is 0 Å². The molecule has 10 heteroatoms. The van der Waals surface area contributed by atoms with Gasteiger partial charge in [0.25, 0.3) is 5.92 Å². The number of nitrogens with zero attached hydrogens (tertiary/aromatic N) is 2. The van der Waals surface area contributed by atoms with Gasteiger partial charge in [-0.05, 0) is 18.4 Å². The van der Waals surface area contributed by atoms with E-state index in [-0.39, 0.29) is 11.7 Å². The molecule has 0 radical (unpaired) electrons. The Bertz CT molecular complexity index is 913. The molecule has 0 aliphatic heterocycles. The first kappa shape index (κ1) is 21.5. The summed E-state index contributed by atoms with van der Waals surface area (Å²) in [4.78, 5) is 40.0. The van der Waals surface area contributed by atoms with Crippen molar-refractivity contribution in [1.82, 2.24) is 15.5 Å². The van der Waals surface area contributed by atoms with Crippen molar-refractivity contribution >= 4 is 17.6 Å². The number of aromatic nitrogens is 2. The number of nitrogens with two attached hydrogens (primary N) is 1. The van der Waals surface area contributed by atoms with Crippen LogP contribution in [0.3, 0.4) is 0 Å². The Hall–Kier alpha value is -3.17. The highest BCUT2D eigenvalue weighted by molar-refractivity contribution is 6.01. The van der Waals surface area contributed by atoms with Crippen molar-refractivity contribution in [2.24, 2.45) is 5.73 Å². The van der Waals surface area contributed by atoms with Crippen LogP contribution in [0.1, 0.15) is 60.1 Å². The molecular formula is C20H22F2N4O4. The minimum Gasteiger partial charge on any atom is -0.370 e. The first-order valence-electron chi connectivity index (χ1n) is 9.61. The maximum atomic E-state index is 14.2. The van der Waals surface area contributed by atoms with Crippen molar-refractivity contribution in [2.45, 2.75) is 56.4 Å². The first-order chi connectivity index (χ1) is 14.2. The number of primary amides is 1. The van der Waals surface area contributed by atoms with Gasteiger partial charge in [-0.2, -0.15) is 4.98 Å². The summed E-state index contributed by atoms with van der Waals surface area (Å²) < 4.78 is 33.4. The van der Waals surface area contributed by atoms with E-state index in [1.54, 1.807) is 30.3 Å². The minimum atomic E-state index is -3.10. The van der Waals surface area contributed by atoms with Crippen LogP contribution >= 0.6 is 0 Å². The summed E-state index contributed by atoms with van der Waals surface area (Å²) in [6.07, 6.45) is -0.472. The molecule has 0 bridgehead atoms. The van der Waals surface area contributed by atoms with E-state index < -0.39 is 55.2 Å². The third-order valence-electron chi connectivity index (χ3n) is 4.67. The van der Waals surface area contributed by atoms with Crippen LogP contribution in [0.5, 0.6) is 0 Å². The Labute approximate surface area is 171 Å². The number of hydrogen-bond donors (Lipinski definition) is 2. The molecule has 1 atom stereocenters. The molecule has 1 aromatic heterocycles. The molecule has 2 amide bonds. The highest BCUT2D eigenvalue weighted by atomic mass is 19.3. The van der Waals surface area contributed by atoms with E-state index in [1.807, 2.05) is 0 Å². The van der Waals surface area contributed by atoms with E-state index in [0.717, 1.165) is 12.8 Å². The Balaban J connectivity index is 1.57. The maximum Gasteiger partial charge on any atom is 0.252 e. The zero-order chi connectivity index (χ0) is 21.7. The number of alkyl halides is 2. The zero-order valence-electron chi connectivity index (χ0n) is 16.1. The number of benzene rings is 1. The molecular weight excluding hydrogens is 398 g/mol. The van der Waals surface area contributed by atoms with Gasteiger partial charge in [0.1, 0.15) is 6.04 Å². The zero-order valence-corrected chi connectivity index (χ0v) is 16.1. The van der Waals surface area contributed by atoms with Crippen LogP contribution in [0.2, 0.25) is 0 Å². The van der Waals surface area contributed by atoms with E-state index in [2.05, 4.69) is 15.5 Å². The lowest BCUT2D eigenvalue weighted by Gasteiger charge is -2.18. The highest BCUT2D eigenvalue weighted by Crippen LogP contribution is 2.38. The van der Waals surface area contributed by atoms with Crippen LogP contribution in [0.4, 0.5) is 8.78 Å². The van der Waals surface area contributed by atoms with Crippen molar-refractivity contribution in [2.75, 3.05) is 0 Å². The molecule has 3 N–H and O–H groups in total. The van der Waals surface area contributed by atoms with Crippen molar-refractivity contribution in [3.05, 3.63) is 47.6 Å². The van der Waals surface area contributed by atoms with Crippen LogP contribution in [0.15, 0.2) is 34.9 Å². The summed E-state index contributed by atoms with van der Waals surface area (Å²) in [5.74, 6) is -5.33. The number of ketones is 1.